The molecule has 0 spiro atoms. The van der Waals surface area contributed by atoms with E-state index in [9.17, 15) is 4.79 Å². The summed E-state index contributed by atoms with van der Waals surface area (Å²) in [5.74, 6) is 0.753. The van der Waals surface area contributed by atoms with E-state index >= 15 is 0 Å². The third kappa shape index (κ3) is 4.77. The Morgan fingerprint density at radius 1 is 1.07 bits per heavy atom. The topological polar surface area (TPSA) is 45.7 Å². The number of carbonyl (C=O) groups is 1. The first-order valence-corrected chi connectivity index (χ1v) is 10.7. The van der Waals surface area contributed by atoms with Crippen molar-refractivity contribution >= 4 is 22.9 Å². The number of aromatic nitrogens is 1. The van der Waals surface area contributed by atoms with Crippen LogP contribution in [-0.2, 0) is 6.61 Å². The summed E-state index contributed by atoms with van der Waals surface area (Å²) in [5, 5.41) is 3.02. The number of piperazine rings is 1. The Bertz CT molecular complexity index is 993. The Morgan fingerprint density at radius 3 is 2.59 bits per heavy atom. The van der Waals surface area contributed by atoms with E-state index < -0.39 is 0 Å². The molecule has 2 heterocycles. The highest BCUT2D eigenvalue weighted by Crippen LogP contribution is 2.21. The Kier molecular flexibility index (Phi) is 5.81. The van der Waals surface area contributed by atoms with Gasteiger partial charge in [0.15, 0.2) is 0 Å². The Hall–Kier alpha value is -2.86. The number of anilines is 1. The molecule has 1 amide bonds. The molecule has 0 saturated carbocycles. The van der Waals surface area contributed by atoms with Gasteiger partial charge in [0.2, 0.25) is 0 Å². The van der Waals surface area contributed by atoms with Crippen LogP contribution in [0.1, 0.15) is 26.6 Å². The monoisotopic (exact) mass is 407 g/mol. The van der Waals surface area contributed by atoms with Crippen molar-refractivity contribution in [3.05, 3.63) is 75.7 Å². The molecule has 6 heteroatoms. The van der Waals surface area contributed by atoms with Crippen LogP contribution in [0.25, 0.3) is 0 Å². The maximum absolute atomic E-state index is 13.0. The number of benzene rings is 2. The van der Waals surface area contributed by atoms with Gasteiger partial charge in [0, 0.05) is 42.8 Å². The van der Waals surface area contributed by atoms with Crippen LogP contribution in [0, 0.1) is 13.8 Å². The lowest BCUT2D eigenvalue weighted by Gasteiger charge is -2.36. The Morgan fingerprint density at radius 2 is 1.86 bits per heavy atom. The summed E-state index contributed by atoms with van der Waals surface area (Å²) in [6.45, 7) is 7.62. The maximum Gasteiger partial charge on any atom is 0.254 e. The van der Waals surface area contributed by atoms with E-state index in [0.29, 0.717) is 17.9 Å². The average Bonchev–Trinajstić information content (AvgIpc) is 3.17. The van der Waals surface area contributed by atoms with Crippen LogP contribution >= 0.6 is 11.3 Å². The average molecular weight is 408 g/mol. The summed E-state index contributed by atoms with van der Waals surface area (Å²) >= 11 is 1.61. The second-order valence-electron chi connectivity index (χ2n) is 7.29. The normalized spacial score (nSPS) is 14.1. The second kappa shape index (κ2) is 8.66. The smallest absolute Gasteiger partial charge is 0.254 e. The predicted molar refractivity (Wildman–Crippen MR) is 117 cm³/mol. The van der Waals surface area contributed by atoms with Crippen molar-refractivity contribution in [2.75, 3.05) is 31.1 Å². The molecule has 0 bridgehead atoms. The molecule has 3 aromatic rings. The molecular formula is C23H25N3O2S. The molecule has 150 valence electrons. The van der Waals surface area contributed by atoms with E-state index in [2.05, 4.69) is 41.1 Å². The molecule has 5 nitrogen and oxygen atoms in total. The summed E-state index contributed by atoms with van der Waals surface area (Å²) in [5.41, 5.74) is 4.06. The third-order valence-corrected chi connectivity index (χ3v) is 5.89. The van der Waals surface area contributed by atoms with Crippen LogP contribution in [0.15, 0.2) is 53.9 Å². The predicted octanol–water partition coefficient (Wildman–Crippen LogP) is 4.30. The van der Waals surface area contributed by atoms with Crippen molar-refractivity contribution in [1.29, 1.82) is 0 Å². The highest BCUT2D eigenvalue weighted by atomic mass is 32.1. The van der Waals surface area contributed by atoms with E-state index in [1.807, 2.05) is 41.5 Å². The lowest BCUT2D eigenvalue weighted by molar-refractivity contribution is 0.0746. The van der Waals surface area contributed by atoms with E-state index in [-0.39, 0.29) is 5.91 Å². The van der Waals surface area contributed by atoms with Gasteiger partial charge in [-0.05, 0) is 49.7 Å². The number of amides is 1. The second-order valence-corrected chi connectivity index (χ2v) is 8.35. The van der Waals surface area contributed by atoms with Gasteiger partial charge in [0.25, 0.3) is 5.91 Å². The highest BCUT2D eigenvalue weighted by molar-refractivity contribution is 7.09. The van der Waals surface area contributed by atoms with Crippen molar-refractivity contribution in [3.8, 4) is 5.75 Å². The molecule has 1 fully saturated rings. The number of aryl methyl sites for hydroxylation is 2. The molecule has 4 rings (SSSR count). The zero-order valence-corrected chi connectivity index (χ0v) is 17.6. The summed E-state index contributed by atoms with van der Waals surface area (Å²) in [6.07, 6.45) is 0. The van der Waals surface area contributed by atoms with Crippen molar-refractivity contribution in [3.63, 3.8) is 0 Å². The van der Waals surface area contributed by atoms with Gasteiger partial charge in [-0.15, -0.1) is 11.3 Å². The van der Waals surface area contributed by atoms with Crippen LogP contribution in [-0.4, -0.2) is 42.0 Å². The first-order chi connectivity index (χ1) is 14.1. The zero-order chi connectivity index (χ0) is 20.2. The molecule has 2 aromatic carbocycles. The third-order valence-electron chi connectivity index (χ3n) is 5.07. The quantitative estimate of drug-likeness (QED) is 0.633. The van der Waals surface area contributed by atoms with Crippen LogP contribution in [0.4, 0.5) is 5.69 Å². The number of carbonyl (C=O) groups excluding carboxylic acids is 1. The fraction of sp³-hybridized carbons (Fsp3) is 0.304. The molecule has 1 aliphatic rings. The minimum atomic E-state index is 0.0591. The standard InChI is InChI=1S/C23H25N3O2S/c1-17-5-3-7-21(13-17)25-9-11-26(12-10-25)23(27)19-6-4-8-22(14-19)28-15-20-16-29-18(2)24-20/h3-8,13-14,16H,9-12,15H2,1-2H3. The largest absolute Gasteiger partial charge is 0.487 e. The number of ether oxygens (including phenoxy) is 1. The van der Waals surface area contributed by atoms with Crippen molar-refractivity contribution in [1.82, 2.24) is 9.88 Å². The van der Waals surface area contributed by atoms with Crippen molar-refractivity contribution in [2.24, 2.45) is 0 Å². The van der Waals surface area contributed by atoms with E-state index in [1.165, 1.54) is 11.3 Å². The Labute approximate surface area is 175 Å². The van der Waals surface area contributed by atoms with Crippen LogP contribution in [0.2, 0.25) is 0 Å². The molecule has 0 unspecified atom stereocenters. The summed E-state index contributed by atoms with van der Waals surface area (Å²) in [7, 11) is 0. The number of hydrogen-bond acceptors (Lipinski definition) is 5. The van der Waals surface area contributed by atoms with Gasteiger partial charge >= 0.3 is 0 Å². The minimum Gasteiger partial charge on any atom is -0.487 e. The Balaban J connectivity index is 1.36. The van der Waals surface area contributed by atoms with Gasteiger partial charge in [-0.2, -0.15) is 0 Å². The SMILES string of the molecule is Cc1cccc(N2CCN(C(=O)c3cccc(OCc4csc(C)n4)c3)CC2)c1. The molecule has 0 aliphatic carbocycles. The minimum absolute atomic E-state index is 0.0591. The molecule has 1 saturated heterocycles. The molecule has 29 heavy (non-hydrogen) atoms. The van der Waals surface area contributed by atoms with E-state index in [4.69, 9.17) is 4.74 Å². The summed E-state index contributed by atoms with van der Waals surface area (Å²) < 4.78 is 5.83. The summed E-state index contributed by atoms with van der Waals surface area (Å²) in [6, 6.07) is 16.0. The molecule has 0 N–H and O–H groups in total. The summed E-state index contributed by atoms with van der Waals surface area (Å²) in [4.78, 5) is 21.6. The zero-order valence-electron chi connectivity index (χ0n) is 16.8. The first-order valence-electron chi connectivity index (χ1n) is 9.83. The van der Waals surface area contributed by atoms with Gasteiger partial charge in [0.1, 0.15) is 12.4 Å². The maximum atomic E-state index is 13.0. The first kappa shape index (κ1) is 19.5. The molecule has 1 aromatic heterocycles. The fourth-order valence-electron chi connectivity index (χ4n) is 3.53. The lowest BCUT2D eigenvalue weighted by atomic mass is 10.1. The number of hydrogen-bond donors (Lipinski definition) is 0. The fourth-order valence-corrected chi connectivity index (χ4v) is 4.12. The number of rotatable bonds is 5. The van der Waals surface area contributed by atoms with Gasteiger partial charge in [-0.25, -0.2) is 4.98 Å². The highest BCUT2D eigenvalue weighted by Gasteiger charge is 2.22. The molecule has 1 aliphatic heterocycles. The van der Waals surface area contributed by atoms with E-state index in [0.717, 1.165) is 36.9 Å². The van der Waals surface area contributed by atoms with Gasteiger partial charge < -0.3 is 14.5 Å². The van der Waals surface area contributed by atoms with Gasteiger partial charge in [-0.1, -0.05) is 18.2 Å². The van der Waals surface area contributed by atoms with E-state index in [1.54, 1.807) is 11.3 Å². The van der Waals surface area contributed by atoms with Crippen molar-refractivity contribution in [2.45, 2.75) is 20.5 Å². The van der Waals surface area contributed by atoms with Gasteiger partial charge in [0.05, 0.1) is 10.7 Å². The van der Waals surface area contributed by atoms with Crippen LogP contribution in [0.5, 0.6) is 5.75 Å². The number of nitrogens with zero attached hydrogens (tertiary/aromatic N) is 3. The van der Waals surface area contributed by atoms with Gasteiger partial charge in [-0.3, -0.25) is 4.79 Å². The number of thiazole rings is 1. The van der Waals surface area contributed by atoms with Crippen molar-refractivity contribution < 1.29 is 9.53 Å². The van der Waals surface area contributed by atoms with Crippen LogP contribution in [0.3, 0.4) is 0 Å². The molecule has 0 atom stereocenters. The molecule has 0 radical (unpaired) electrons. The molecular weight excluding hydrogens is 382 g/mol. The van der Waals surface area contributed by atoms with Crippen LogP contribution < -0.4 is 9.64 Å². The lowest BCUT2D eigenvalue weighted by Crippen LogP contribution is -2.48.